The zero-order valence-corrected chi connectivity index (χ0v) is 12.3. The fourth-order valence-corrected chi connectivity index (χ4v) is 3.16. The lowest BCUT2D eigenvalue weighted by atomic mass is 9.82. The highest BCUT2D eigenvalue weighted by atomic mass is 32.1. The van der Waals surface area contributed by atoms with Gasteiger partial charge in [-0.2, -0.15) is 4.98 Å². The predicted molar refractivity (Wildman–Crippen MR) is 81.9 cm³/mol. The maximum atomic E-state index is 5.43. The molecule has 1 aliphatic rings. The largest absolute Gasteiger partial charge is 0.381 e. The third-order valence-corrected chi connectivity index (χ3v) is 4.64. The lowest BCUT2D eigenvalue weighted by Crippen LogP contribution is -2.33. The minimum Gasteiger partial charge on any atom is -0.381 e. The minimum atomic E-state index is 0.252. The number of anilines is 2. The predicted octanol–water partition coefficient (Wildman–Crippen LogP) is 2.21. The summed E-state index contributed by atoms with van der Waals surface area (Å²) in [6.45, 7) is 4.84. The van der Waals surface area contributed by atoms with Crippen LogP contribution in [0.1, 0.15) is 19.8 Å². The lowest BCUT2D eigenvalue weighted by Gasteiger charge is -2.33. The zero-order valence-electron chi connectivity index (χ0n) is 11.5. The number of nitrogens with two attached hydrogens (primary N) is 1. The van der Waals surface area contributed by atoms with E-state index in [1.54, 1.807) is 11.3 Å². The Kier molecular flexibility index (Phi) is 3.73. The first kappa shape index (κ1) is 13.5. The van der Waals surface area contributed by atoms with Crippen LogP contribution in [0.3, 0.4) is 0 Å². The number of nitrogens with one attached hydrogen (secondary N) is 2. The van der Waals surface area contributed by atoms with Gasteiger partial charge in [-0.3, -0.25) is 5.43 Å². The van der Waals surface area contributed by atoms with Gasteiger partial charge in [-0.1, -0.05) is 6.92 Å². The average molecular weight is 293 g/mol. The SMILES string of the molecule is CC1(CNc2nc(NN)nc3sccc23)CCOCC1. The van der Waals surface area contributed by atoms with Gasteiger partial charge in [0.25, 0.3) is 0 Å². The van der Waals surface area contributed by atoms with E-state index in [4.69, 9.17) is 10.6 Å². The first-order valence-corrected chi connectivity index (χ1v) is 7.62. The van der Waals surface area contributed by atoms with Gasteiger partial charge >= 0.3 is 0 Å². The van der Waals surface area contributed by atoms with E-state index in [2.05, 4.69) is 27.6 Å². The maximum Gasteiger partial charge on any atom is 0.240 e. The van der Waals surface area contributed by atoms with Crippen LogP contribution < -0.4 is 16.6 Å². The molecule has 20 heavy (non-hydrogen) atoms. The number of hydrazine groups is 1. The lowest BCUT2D eigenvalue weighted by molar-refractivity contribution is 0.0300. The minimum absolute atomic E-state index is 0.252. The summed E-state index contributed by atoms with van der Waals surface area (Å²) in [6, 6.07) is 2.04. The molecule has 0 amide bonds. The molecule has 0 atom stereocenters. The Morgan fingerprint density at radius 2 is 2.20 bits per heavy atom. The summed E-state index contributed by atoms with van der Waals surface area (Å²) in [5.41, 5.74) is 2.77. The standard InChI is InChI=1S/C13H19N5OS/c1-13(3-5-19-6-4-13)8-15-10-9-2-7-20-11(9)17-12(16-10)18-14/h2,7H,3-6,8,14H2,1H3,(H2,15,16,17,18). The van der Waals surface area contributed by atoms with Crippen molar-refractivity contribution in [1.29, 1.82) is 0 Å². The molecular weight excluding hydrogens is 274 g/mol. The van der Waals surface area contributed by atoms with Gasteiger partial charge in [0.05, 0.1) is 5.39 Å². The first-order valence-electron chi connectivity index (χ1n) is 6.74. The number of rotatable bonds is 4. The molecule has 0 aromatic carbocycles. The number of fused-ring (bicyclic) bond motifs is 1. The first-order chi connectivity index (χ1) is 9.70. The van der Waals surface area contributed by atoms with E-state index in [0.29, 0.717) is 5.95 Å². The Bertz CT molecular complexity index is 593. The number of hydrogen-bond acceptors (Lipinski definition) is 7. The molecule has 0 spiro atoms. The third kappa shape index (κ3) is 2.70. The number of thiophene rings is 1. The molecule has 6 nitrogen and oxygen atoms in total. The Balaban J connectivity index is 1.81. The van der Waals surface area contributed by atoms with E-state index in [1.807, 2.05) is 11.4 Å². The van der Waals surface area contributed by atoms with Crippen LogP contribution in [-0.4, -0.2) is 29.7 Å². The molecule has 4 N–H and O–H groups in total. The molecule has 2 aromatic heterocycles. The summed E-state index contributed by atoms with van der Waals surface area (Å²) in [6.07, 6.45) is 2.14. The normalized spacial score (nSPS) is 18.1. The van der Waals surface area contributed by atoms with Crippen molar-refractivity contribution in [2.75, 3.05) is 30.5 Å². The molecule has 0 unspecified atom stereocenters. The van der Waals surface area contributed by atoms with Crippen LogP contribution in [0.25, 0.3) is 10.2 Å². The van der Waals surface area contributed by atoms with Gasteiger partial charge in [0.15, 0.2) is 0 Å². The van der Waals surface area contributed by atoms with E-state index >= 15 is 0 Å². The van der Waals surface area contributed by atoms with Gasteiger partial charge in [0.2, 0.25) is 5.95 Å². The molecule has 0 bridgehead atoms. The van der Waals surface area contributed by atoms with Crippen molar-refractivity contribution in [2.24, 2.45) is 11.3 Å². The highest BCUT2D eigenvalue weighted by molar-refractivity contribution is 7.16. The van der Waals surface area contributed by atoms with Crippen LogP contribution in [0.2, 0.25) is 0 Å². The van der Waals surface area contributed by atoms with Gasteiger partial charge < -0.3 is 10.1 Å². The smallest absolute Gasteiger partial charge is 0.240 e. The van der Waals surface area contributed by atoms with E-state index in [-0.39, 0.29) is 5.41 Å². The fourth-order valence-electron chi connectivity index (χ4n) is 2.39. The van der Waals surface area contributed by atoms with Crippen molar-refractivity contribution >= 4 is 33.3 Å². The second-order valence-corrected chi connectivity index (χ2v) is 6.35. The zero-order chi connectivity index (χ0) is 14.0. The van der Waals surface area contributed by atoms with Crippen molar-refractivity contribution in [2.45, 2.75) is 19.8 Å². The van der Waals surface area contributed by atoms with Crippen molar-refractivity contribution in [3.63, 3.8) is 0 Å². The van der Waals surface area contributed by atoms with Gasteiger partial charge in [-0.15, -0.1) is 11.3 Å². The summed E-state index contributed by atoms with van der Waals surface area (Å²) in [5.74, 6) is 6.72. The van der Waals surface area contributed by atoms with Gasteiger partial charge in [-0.05, 0) is 29.7 Å². The highest BCUT2D eigenvalue weighted by Crippen LogP contribution is 2.32. The fraction of sp³-hybridized carbons (Fsp3) is 0.538. The van der Waals surface area contributed by atoms with Crippen LogP contribution in [0.5, 0.6) is 0 Å². The molecule has 7 heteroatoms. The Hall–Kier alpha value is -1.44. The van der Waals surface area contributed by atoms with Crippen molar-refractivity contribution in [1.82, 2.24) is 9.97 Å². The van der Waals surface area contributed by atoms with E-state index < -0.39 is 0 Å². The number of hydrogen-bond donors (Lipinski definition) is 3. The third-order valence-electron chi connectivity index (χ3n) is 3.84. The summed E-state index contributed by atoms with van der Waals surface area (Å²) in [4.78, 5) is 9.70. The summed E-state index contributed by atoms with van der Waals surface area (Å²) in [5, 5.41) is 6.52. The molecule has 1 fully saturated rings. The number of nitrogens with zero attached hydrogens (tertiary/aromatic N) is 2. The van der Waals surface area contributed by atoms with Crippen molar-refractivity contribution in [3.05, 3.63) is 11.4 Å². The highest BCUT2D eigenvalue weighted by Gasteiger charge is 2.27. The van der Waals surface area contributed by atoms with Gasteiger partial charge in [0.1, 0.15) is 10.6 Å². The Morgan fingerprint density at radius 3 is 2.95 bits per heavy atom. The Labute approximate surface area is 121 Å². The molecule has 0 radical (unpaired) electrons. The molecule has 1 saturated heterocycles. The molecule has 0 aliphatic carbocycles. The van der Waals surface area contributed by atoms with Crippen LogP contribution in [0, 0.1) is 5.41 Å². The molecule has 1 aliphatic heterocycles. The van der Waals surface area contributed by atoms with E-state index in [0.717, 1.165) is 48.6 Å². The quantitative estimate of drug-likeness (QED) is 0.592. The second-order valence-electron chi connectivity index (χ2n) is 5.46. The number of nitrogen functional groups attached to an aromatic ring is 1. The Morgan fingerprint density at radius 1 is 1.40 bits per heavy atom. The van der Waals surface area contributed by atoms with Crippen LogP contribution in [-0.2, 0) is 4.74 Å². The second kappa shape index (κ2) is 5.51. The average Bonchev–Trinajstić information content (AvgIpc) is 2.93. The molecule has 2 aromatic rings. The monoisotopic (exact) mass is 293 g/mol. The van der Waals surface area contributed by atoms with Crippen LogP contribution >= 0.6 is 11.3 Å². The summed E-state index contributed by atoms with van der Waals surface area (Å²) in [7, 11) is 0. The van der Waals surface area contributed by atoms with Gasteiger partial charge in [0, 0.05) is 19.8 Å². The number of ether oxygens (including phenoxy) is 1. The van der Waals surface area contributed by atoms with Crippen LogP contribution in [0.4, 0.5) is 11.8 Å². The van der Waals surface area contributed by atoms with E-state index in [9.17, 15) is 0 Å². The summed E-state index contributed by atoms with van der Waals surface area (Å²) >= 11 is 1.58. The van der Waals surface area contributed by atoms with Gasteiger partial charge in [-0.25, -0.2) is 10.8 Å². The summed E-state index contributed by atoms with van der Waals surface area (Å²) < 4.78 is 5.43. The maximum absolute atomic E-state index is 5.43. The molecular formula is C13H19N5OS. The number of aromatic nitrogens is 2. The van der Waals surface area contributed by atoms with Crippen molar-refractivity contribution in [3.8, 4) is 0 Å². The molecule has 3 heterocycles. The van der Waals surface area contributed by atoms with Crippen LogP contribution in [0.15, 0.2) is 11.4 Å². The topological polar surface area (TPSA) is 85.1 Å². The molecule has 3 rings (SSSR count). The van der Waals surface area contributed by atoms with E-state index in [1.165, 1.54) is 0 Å². The van der Waals surface area contributed by atoms with Crippen molar-refractivity contribution < 1.29 is 4.74 Å². The molecule has 108 valence electrons. The molecule has 0 saturated carbocycles.